The zero-order valence-electron chi connectivity index (χ0n) is 4.46. The molecule has 8 heavy (non-hydrogen) atoms. The van der Waals surface area contributed by atoms with Crippen molar-refractivity contribution in [2.24, 2.45) is 0 Å². The van der Waals surface area contributed by atoms with Crippen molar-refractivity contribution in [1.82, 2.24) is 6.15 Å². The van der Waals surface area contributed by atoms with Crippen molar-refractivity contribution < 1.29 is 85.9 Å². The molecule has 0 aromatic carbocycles. The Hall–Kier alpha value is 1.95. The van der Waals surface area contributed by atoms with Crippen molar-refractivity contribution >= 4 is 10.4 Å². The quantitative estimate of drug-likeness (QED) is 0.246. The summed E-state index contributed by atoms with van der Waals surface area (Å²) in [5, 5.41) is 0. The molecule has 0 aliphatic heterocycles. The second kappa shape index (κ2) is 8.95. The fourth-order valence-electron chi connectivity index (χ4n) is 0. The second-order valence-corrected chi connectivity index (χ2v) is 1.28. The van der Waals surface area contributed by atoms with Gasteiger partial charge in [0.25, 0.3) is 0 Å². The summed E-state index contributed by atoms with van der Waals surface area (Å²) < 4.78 is 32.8. The van der Waals surface area contributed by atoms with Gasteiger partial charge < -0.3 is 27.7 Å². The summed E-state index contributed by atoms with van der Waals surface area (Å²) in [6.45, 7) is 0. The average molecular weight is 234 g/mol. The fourth-order valence-corrected chi connectivity index (χ4v) is 0. The molecule has 0 aliphatic carbocycles. The summed E-state index contributed by atoms with van der Waals surface area (Å²) in [4.78, 5) is 0. The molecule has 0 rings (SSSR count). The van der Waals surface area contributed by atoms with E-state index < -0.39 is 10.4 Å². The second-order valence-electron chi connectivity index (χ2n) is 0.428. The van der Waals surface area contributed by atoms with Gasteiger partial charge in [0.05, 0.1) is 0 Å². The van der Waals surface area contributed by atoms with Crippen molar-refractivity contribution in [2.45, 2.75) is 0 Å². The molecule has 0 amide bonds. The van der Waals surface area contributed by atoms with Crippen LogP contribution in [0.5, 0.6) is 0 Å². The number of hydrogen-bond acceptors (Lipinski definition) is 3. The SMILES string of the molecule is O=S(=O)([O-])O.[Br-].[K+].[NH4+]. The minimum atomic E-state index is -4.92. The van der Waals surface area contributed by atoms with E-state index in [1.54, 1.807) is 0 Å². The molecule has 0 fully saturated rings. The first-order valence-corrected chi connectivity index (χ1v) is 2.05. The Kier molecular flexibility index (Phi) is 25.2. The minimum Gasteiger partial charge on any atom is -1.00 e. The Morgan fingerprint density at radius 1 is 1.38 bits per heavy atom. The Morgan fingerprint density at radius 3 is 1.38 bits per heavy atom. The van der Waals surface area contributed by atoms with Crippen LogP contribution in [0.25, 0.3) is 0 Å². The van der Waals surface area contributed by atoms with Crippen LogP contribution < -0.4 is 74.5 Å². The molecule has 0 aromatic heterocycles. The van der Waals surface area contributed by atoms with E-state index in [2.05, 4.69) is 0 Å². The fraction of sp³-hybridized carbons (Fsp3) is 0. The summed E-state index contributed by atoms with van der Waals surface area (Å²) in [5.41, 5.74) is 0. The summed E-state index contributed by atoms with van der Waals surface area (Å²) in [7, 11) is -4.92. The third-order valence-electron chi connectivity index (χ3n) is 0. The maximum absolute atomic E-state index is 8.63. The van der Waals surface area contributed by atoms with E-state index in [1.807, 2.05) is 0 Å². The van der Waals surface area contributed by atoms with Gasteiger partial charge in [-0.2, -0.15) is 0 Å². The number of quaternary nitrogens is 1. The van der Waals surface area contributed by atoms with Crippen molar-refractivity contribution in [3.63, 3.8) is 0 Å². The van der Waals surface area contributed by atoms with Crippen LogP contribution in [0.2, 0.25) is 0 Å². The van der Waals surface area contributed by atoms with E-state index in [1.165, 1.54) is 0 Å². The Labute approximate surface area is 101 Å². The summed E-state index contributed by atoms with van der Waals surface area (Å²) >= 11 is 0. The van der Waals surface area contributed by atoms with Crippen molar-refractivity contribution in [3.8, 4) is 0 Å². The standard InChI is InChI=1S/BrH.K.H3N.H2O4S/c;;;1-5(2,3)4/h1H;;1H3;(H2,1,2,3,4)/q;+1;;/p-1. The summed E-state index contributed by atoms with van der Waals surface area (Å²) in [5.74, 6) is 0. The first-order chi connectivity index (χ1) is 2.00. The maximum Gasteiger partial charge on any atom is 1.00 e. The van der Waals surface area contributed by atoms with Gasteiger partial charge in [0.2, 0.25) is 10.4 Å². The molecule has 8 heteroatoms. The van der Waals surface area contributed by atoms with Crippen LogP contribution in [0.15, 0.2) is 0 Å². The molecule has 48 valence electrons. The number of hydrogen-bond donors (Lipinski definition) is 2. The molecule has 0 aliphatic rings. The van der Waals surface area contributed by atoms with Crippen molar-refractivity contribution in [3.05, 3.63) is 0 Å². The number of halogens is 1. The van der Waals surface area contributed by atoms with Gasteiger partial charge in [-0.15, -0.1) is 0 Å². The van der Waals surface area contributed by atoms with Gasteiger partial charge in [-0.25, -0.2) is 8.42 Å². The van der Waals surface area contributed by atoms with E-state index in [4.69, 9.17) is 17.5 Å². The predicted octanol–water partition coefficient (Wildman–Crippen LogP) is -6.61. The Morgan fingerprint density at radius 2 is 1.38 bits per heavy atom. The van der Waals surface area contributed by atoms with Crippen LogP contribution in [0.4, 0.5) is 0 Å². The molecule has 0 saturated heterocycles. The molecule has 0 atom stereocenters. The zero-order chi connectivity index (χ0) is 4.50. The van der Waals surface area contributed by atoms with Crippen molar-refractivity contribution in [1.29, 1.82) is 0 Å². The van der Waals surface area contributed by atoms with Crippen LogP contribution >= 0.6 is 0 Å². The Balaban J connectivity index is -0.0000000267. The third-order valence-corrected chi connectivity index (χ3v) is 0. The van der Waals surface area contributed by atoms with Crippen LogP contribution in [0.1, 0.15) is 0 Å². The molecule has 0 bridgehead atoms. The Bertz CT molecular complexity index is 99.2. The van der Waals surface area contributed by atoms with E-state index >= 15 is 0 Å². The van der Waals surface area contributed by atoms with Gasteiger partial charge in [-0.3, -0.25) is 4.55 Å². The third kappa shape index (κ3) is 101. The molecule has 0 radical (unpaired) electrons. The van der Waals surface area contributed by atoms with E-state index in [0.29, 0.717) is 0 Å². The molecule has 0 spiro atoms. The first-order valence-electron chi connectivity index (χ1n) is 0.683. The molecule has 0 aromatic rings. The molecule has 5 nitrogen and oxygen atoms in total. The van der Waals surface area contributed by atoms with Gasteiger partial charge in [-0.1, -0.05) is 0 Å². The van der Waals surface area contributed by atoms with Crippen LogP contribution in [0.3, 0.4) is 0 Å². The van der Waals surface area contributed by atoms with Gasteiger partial charge in [0, 0.05) is 0 Å². The number of rotatable bonds is 0. The summed E-state index contributed by atoms with van der Waals surface area (Å²) in [6, 6.07) is 0. The van der Waals surface area contributed by atoms with Crippen LogP contribution in [0, 0.1) is 0 Å². The average Bonchev–Trinajstić information content (AvgIpc) is 0.722. The van der Waals surface area contributed by atoms with Gasteiger partial charge in [0.15, 0.2) is 0 Å². The molecule has 5 N–H and O–H groups in total. The van der Waals surface area contributed by atoms with E-state index in [-0.39, 0.29) is 74.5 Å². The largest absolute Gasteiger partial charge is 1.00 e. The molecular formula is H5BrKNO4S. The normalized spacial score (nSPS) is 7.25. The predicted molar refractivity (Wildman–Crippen MR) is 18.3 cm³/mol. The van der Waals surface area contributed by atoms with Gasteiger partial charge >= 0.3 is 51.4 Å². The molecule has 0 saturated carbocycles. The topological polar surface area (TPSA) is 114 Å². The van der Waals surface area contributed by atoms with E-state index in [9.17, 15) is 0 Å². The maximum atomic E-state index is 8.63. The minimum absolute atomic E-state index is 0. The van der Waals surface area contributed by atoms with Crippen LogP contribution in [-0.2, 0) is 10.4 Å². The van der Waals surface area contributed by atoms with Crippen LogP contribution in [-0.4, -0.2) is 17.5 Å². The van der Waals surface area contributed by atoms with Gasteiger partial charge in [0.1, 0.15) is 0 Å². The monoisotopic (exact) mass is 233 g/mol. The molecule has 0 heterocycles. The first kappa shape index (κ1) is 22.5. The van der Waals surface area contributed by atoms with Gasteiger partial charge in [-0.05, 0) is 0 Å². The molecular weight excluding hydrogens is 229 g/mol. The van der Waals surface area contributed by atoms with E-state index in [0.717, 1.165) is 0 Å². The van der Waals surface area contributed by atoms with Crippen molar-refractivity contribution in [2.75, 3.05) is 0 Å². The smallest absolute Gasteiger partial charge is 1.00 e. The molecule has 0 unspecified atom stereocenters. The zero-order valence-corrected chi connectivity index (χ0v) is 9.98. The summed E-state index contributed by atoms with van der Waals surface area (Å²) in [6.07, 6.45) is 0.